The largest absolute Gasteiger partial charge is 0.472 e. The van der Waals surface area contributed by atoms with E-state index in [1.165, 1.54) is 244 Å². The summed E-state index contributed by atoms with van der Waals surface area (Å²) in [5.74, 6) is -0.810. The minimum absolute atomic E-state index is 0.0534. The molecule has 0 aliphatic heterocycles. The van der Waals surface area contributed by atoms with Crippen molar-refractivity contribution in [1.82, 2.24) is 0 Å². The predicted molar refractivity (Wildman–Crippen MR) is 385 cm³/mol. The molecule has 0 heterocycles. The van der Waals surface area contributed by atoms with E-state index in [1.807, 2.05) is 0 Å². The second-order valence-electron chi connectivity index (χ2n) is 25.1. The molecular weight excluding hydrogens is 1120 g/mol. The summed E-state index contributed by atoms with van der Waals surface area (Å²) in [7, 11) is -4.40. The quantitative estimate of drug-likeness (QED) is 0.0264. The molecule has 0 rings (SSSR count). The predicted octanol–water partition coefficient (Wildman–Crippen LogP) is 25.1. The molecular formula is C79H142NO8P. The number of hydrogen-bond acceptors (Lipinski definition) is 8. The molecule has 3 N–H and O–H groups in total. The van der Waals surface area contributed by atoms with Gasteiger partial charge in [-0.05, 0) is 89.9 Å². The summed E-state index contributed by atoms with van der Waals surface area (Å²) in [6.07, 6.45) is 101. The van der Waals surface area contributed by atoms with E-state index in [4.69, 9.17) is 24.3 Å². The molecule has 0 aliphatic rings. The van der Waals surface area contributed by atoms with Crippen LogP contribution in [0, 0.1) is 0 Å². The van der Waals surface area contributed by atoms with Gasteiger partial charge >= 0.3 is 19.8 Å². The third-order valence-electron chi connectivity index (χ3n) is 16.5. The van der Waals surface area contributed by atoms with Crippen molar-refractivity contribution in [3.63, 3.8) is 0 Å². The molecule has 0 aromatic carbocycles. The zero-order chi connectivity index (χ0) is 64.4. The Labute approximate surface area is 550 Å². The Kier molecular flexibility index (Phi) is 71.4. The van der Waals surface area contributed by atoms with Gasteiger partial charge in [-0.2, -0.15) is 0 Å². The van der Waals surface area contributed by atoms with E-state index < -0.39 is 26.5 Å². The number of esters is 2. The molecule has 0 bridgehead atoms. The number of carbonyl (C=O) groups is 2. The second-order valence-corrected chi connectivity index (χ2v) is 26.6. The molecule has 0 saturated carbocycles. The topological polar surface area (TPSA) is 134 Å². The first kappa shape index (κ1) is 85.9. The van der Waals surface area contributed by atoms with Crippen LogP contribution in [0.1, 0.15) is 361 Å². The molecule has 0 aliphatic carbocycles. The van der Waals surface area contributed by atoms with Crippen molar-refractivity contribution in [3.05, 3.63) is 97.2 Å². The van der Waals surface area contributed by atoms with Gasteiger partial charge in [0.15, 0.2) is 6.10 Å². The van der Waals surface area contributed by atoms with Crippen LogP contribution in [0.5, 0.6) is 0 Å². The van der Waals surface area contributed by atoms with Gasteiger partial charge in [-0.3, -0.25) is 18.6 Å². The first-order valence-corrected chi connectivity index (χ1v) is 39.2. The normalized spacial score (nSPS) is 13.4. The highest BCUT2D eigenvalue weighted by atomic mass is 31.2. The van der Waals surface area contributed by atoms with Crippen molar-refractivity contribution in [1.29, 1.82) is 0 Å². The highest BCUT2D eigenvalue weighted by Gasteiger charge is 2.26. The fourth-order valence-corrected chi connectivity index (χ4v) is 11.7. The summed E-state index contributed by atoms with van der Waals surface area (Å²) in [6.45, 7) is 3.57. The number of phosphoric acid groups is 1. The van der Waals surface area contributed by atoms with E-state index in [0.717, 1.165) is 83.5 Å². The van der Waals surface area contributed by atoms with E-state index in [2.05, 4.69) is 111 Å². The van der Waals surface area contributed by atoms with Gasteiger partial charge < -0.3 is 20.1 Å². The Hall–Kier alpha value is -3.07. The Bertz CT molecular complexity index is 1780. The van der Waals surface area contributed by atoms with E-state index in [0.29, 0.717) is 6.42 Å². The van der Waals surface area contributed by atoms with E-state index >= 15 is 0 Å². The zero-order valence-corrected chi connectivity index (χ0v) is 59.1. The highest BCUT2D eigenvalue weighted by molar-refractivity contribution is 7.47. The molecule has 0 spiro atoms. The molecule has 0 radical (unpaired) electrons. The standard InChI is InChI=1S/C79H142NO8P/c1-3-5-7-9-11-13-15-17-19-21-23-25-27-29-31-33-35-37-38-40-42-44-46-48-50-52-54-56-58-60-62-64-66-68-70-72-79(82)88-77(76-87-89(83,84)86-74-73-80)75-85-78(81)71-69-67-65-63-61-59-57-55-53-51-49-47-45-43-41-39-36-34-32-30-28-26-24-22-20-18-16-14-12-10-8-6-4-2/h5-8,11-14,17-20,23-26,77H,3-4,9-10,15-16,21-22,27-76,80H2,1-2H3,(H,83,84)/b7-5-,8-6-,13-11-,14-12-,19-17-,20-18-,25-23-,26-24-. The van der Waals surface area contributed by atoms with Crippen LogP contribution in [0.25, 0.3) is 0 Å². The second kappa shape index (κ2) is 74.0. The number of carbonyl (C=O) groups excluding carboxylic acids is 2. The van der Waals surface area contributed by atoms with Crippen LogP contribution < -0.4 is 5.73 Å². The number of unbranched alkanes of at least 4 members (excludes halogenated alkanes) is 42. The monoisotopic (exact) mass is 1260 g/mol. The number of nitrogens with two attached hydrogens (primary N) is 1. The molecule has 2 unspecified atom stereocenters. The average molecular weight is 1260 g/mol. The Morgan fingerprint density at radius 2 is 0.584 bits per heavy atom. The van der Waals surface area contributed by atoms with E-state index in [9.17, 15) is 19.0 Å². The van der Waals surface area contributed by atoms with E-state index in [1.54, 1.807) is 0 Å². The molecule has 0 fully saturated rings. The van der Waals surface area contributed by atoms with Crippen LogP contribution in [-0.4, -0.2) is 49.3 Å². The minimum atomic E-state index is -4.40. The smallest absolute Gasteiger partial charge is 0.462 e. The van der Waals surface area contributed by atoms with Crippen LogP contribution in [0.15, 0.2) is 97.2 Å². The van der Waals surface area contributed by atoms with Gasteiger partial charge in [0.25, 0.3) is 0 Å². The van der Waals surface area contributed by atoms with Gasteiger partial charge in [0.2, 0.25) is 0 Å². The average Bonchev–Trinajstić information content (AvgIpc) is 3.66. The fourth-order valence-electron chi connectivity index (χ4n) is 11.0. The van der Waals surface area contributed by atoms with Crippen LogP contribution in [0.3, 0.4) is 0 Å². The Balaban J connectivity index is 3.80. The number of ether oxygens (including phenoxy) is 2. The lowest BCUT2D eigenvalue weighted by Crippen LogP contribution is -2.29. The lowest BCUT2D eigenvalue weighted by atomic mass is 10.0. The maximum absolute atomic E-state index is 12.8. The summed E-state index contributed by atoms with van der Waals surface area (Å²) in [6, 6.07) is 0. The minimum Gasteiger partial charge on any atom is -0.462 e. The van der Waals surface area contributed by atoms with Crippen LogP contribution >= 0.6 is 7.82 Å². The third kappa shape index (κ3) is 73.9. The molecule has 0 aromatic rings. The maximum Gasteiger partial charge on any atom is 0.472 e. The summed E-state index contributed by atoms with van der Waals surface area (Å²) in [5, 5.41) is 0. The van der Waals surface area contributed by atoms with Crippen molar-refractivity contribution >= 4 is 19.8 Å². The number of phosphoric ester groups is 1. The van der Waals surface area contributed by atoms with Gasteiger partial charge in [0.1, 0.15) is 6.61 Å². The van der Waals surface area contributed by atoms with Crippen molar-refractivity contribution in [3.8, 4) is 0 Å². The third-order valence-corrected chi connectivity index (χ3v) is 17.4. The van der Waals surface area contributed by atoms with Crippen molar-refractivity contribution in [2.75, 3.05) is 26.4 Å². The van der Waals surface area contributed by atoms with Crippen LogP contribution in [0.2, 0.25) is 0 Å². The van der Waals surface area contributed by atoms with Crippen molar-refractivity contribution < 1.29 is 37.6 Å². The molecule has 0 amide bonds. The Morgan fingerprint density at radius 3 is 0.865 bits per heavy atom. The SMILES string of the molecule is CC/C=C\C/C=C\C/C=C\C/C=C\CCCCCCCCCCCCCCCCCCCCCCCCC(=O)OC(COC(=O)CCCCCCCCCCCCCCCCCCCCCC/C=C\C/C=C\C/C=C\C/C=C\CC)COP(=O)(O)OCCN. The number of hydrogen-bond donors (Lipinski definition) is 2. The van der Waals surface area contributed by atoms with Gasteiger partial charge in [0, 0.05) is 19.4 Å². The van der Waals surface area contributed by atoms with Gasteiger partial charge in [0.05, 0.1) is 13.2 Å². The molecule has 0 saturated heterocycles. The number of allylic oxidation sites excluding steroid dienone is 16. The van der Waals surface area contributed by atoms with Gasteiger partial charge in [-0.15, -0.1) is 0 Å². The molecule has 2 atom stereocenters. The lowest BCUT2D eigenvalue weighted by molar-refractivity contribution is -0.161. The molecule has 0 aromatic heterocycles. The van der Waals surface area contributed by atoms with Crippen molar-refractivity contribution in [2.45, 2.75) is 367 Å². The molecule has 89 heavy (non-hydrogen) atoms. The summed E-state index contributed by atoms with van der Waals surface area (Å²) in [5.41, 5.74) is 5.41. The molecule has 10 heteroatoms. The highest BCUT2D eigenvalue weighted by Crippen LogP contribution is 2.43. The molecule has 516 valence electrons. The van der Waals surface area contributed by atoms with E-state index in [-0.39, 0.29) is 38.6 Å². The first-order chi connectivity index (χ1) is 43.8. The first-order valence-electron chi connectivity index (χ1n) is 37.7. The zero-order valence-electron chi connectivity index (χ0n) is 58.2. The lowest BCUT2D eigenvalue weighted by Gasteiger charge is -2.19. The molecule has 9 nitrogen and oxygen atoms in total. The fraction of sp³-hybridized carbons (Fsp3) is 0.772. The van der Waals surface area contributed by atoms with Crippen LogP contribution in [-0.2, 0) is 32.7 Å². The summed E-state index contributed by atoms with van der Waals surface area (Å²) in [4.78, 5) is 35.4. The van der Waals surface area contributed by atoms with Crippen molar-refractivity contribution in [2.24, 2.45) is 5.73 Å². The van der Waals surface area contributed by atoms with Crippen LogP contribution in [0.4, 0.5) is 0 Å². The Morgan fingerprint density at radius 1 is 0.337 bits per heavy atom. The maximum atomic E-state index is 12.8. The van der Waals surface area contributed by atoms with Gasteiger partial charge in [-0.25, -0.2) is 4.57 Å². The van der Waals surface area contributed by atoms with Gasteiger partial charge in [-0.1, -0.05) is 355 Å². The number of rotatable bonds is 71. The summed E-state index contributed by atoms with van der Waals surface area (Å²) < 4.78 is 33.3. The summed E-state index contributed by atoms with van der Waals surface area (Å²) >= 11 is 0.